The maximum atomic E-state index is 11.9. The fourth-order valence-electron chi connectivity index (χ4n) is 2.68. The second-order valence-electron chi connectivity index (χ2n) is 6.07. The minimum atomic E-state index is -0.509. The Bertz CT molecular complexity index is 522. The molecule has 0 atom stereocenters. The van der Waals surface area contributed by atoms with Gasteiger partial charge in [0.1, 0.15) is 0 Å². The van der Waals surface area contributed by atoms with Crippen molar-refractivity contribution in [2.24, 2.45) is 0 Å². The van der Waals surface area contributed by atoms with E-state index in [0.717, 1.165) is 38.9 Å². The minimum absolute atomic E-state index is 0.103. The van der Waals surface area contributed by atoms with Crippen LogP contribution >= 0.6 is 0 Å². The van der Waals surface area contributed by atoms with Crippen LogP contribution in [0.1, 0.15) is 43.6 Å². The molecule has 5 heteroatoms. The number of Topliss-reactive ketones (excluding diaryl/α,β-unsaturated/α-hetero) is 1. The van der Waals surface area contributed by atoms with Crippen LogP contribution in [0.25, 0.3) is 0 Å². The van der Waals surface area contributed by atoms with E-state index in [1.807, 2.05) is 0 Å². The van der Waals surface area contributed by atoms with Gasteiger partial charge < -0.3 is 15.2 Å². The predicted molar refractivity (Wildman–Crippen MR) is 86.8 cm³/mol. The molecule has 22 heavy (non-hydrogen) atoms. The number of hydrogen-bond acceptors (Lipinski definition) is 3. The zero-order valence-corrected chi connectivity index (χ0v) is 13.4. The Morgan fingerprint density at radius 3 is 2.68 bits per heavy atom. The summed E-state index contributed by atoms with van der Waals surface area (Å²) in [5, 5.41) is 2.85. The van der Waals surface area contributed by atoms with Crippen LogP contribution in [0.15, 0.2) is 30.0 Å². The van der Waals surface area contributed by atoms with Gasteiger partial charge in [0, 0.05) is 31.9 Å². The van der Waals surface area contributed by atoms with E-state index >= 15 is 0 Å². The molecule has 1 fully saturated rings. The molecule has 0 spiro atoms. The monoisotopic (exact) mass is 303 g/mol. The molecule has 1 amide bonds. The zero-order valence-electron chi connectivity index (χ0n) is 13.4. The Labute approximate surface area is 131 Å². The molecule has 2 heterocycles. The molecule has 120 valence electrons. The molecule has 0 aromatic carbocycles. The summed E-state index contributed by atoms with van der Waals surface area (Å²) in [4.78, 5) is 29.0. The number of nitrogens with one attached hydrogen (secondary N) is 2. The van der Waals surface area contributed by atoms with Crippen molar-refractivity contribution >= 4 is 11.7 Å². The van der Waals surface area contributed by atoms with E-state index in [4.69, 9.17) is 0 Å². The summed E-state index contributed by atoms with van der Waals surface area (Å²) in [6, 6.07) is 3.44. The summed E-state index contributed by atoms with van der Waals surface area (Å²) in [6.45, 7) is 7.23. The van der Waals surface area contributed by atoms with E-state index in [1.165, 1.54) is 5.57 Å². The van der Waals surface area contributed by atoms with Crippen molar-refractivity contribution in [3.63, 3.8) is 0 Å². The molecule has 2 rings (SSSR count). The molecule has 0 unspecified atom stereocenters. The number of aromatic amines is 1. The van der Waals surface area contributed by atoms with Crippen LogP contribution in [0.4, 0.5) is 0 Å². The molecule has 0 radical (unpaired) electrons. The molecule has 1 aromatic heterocycles. The molecular weight excluding hydrogens is 278 g/mol. The molecule has 1 saturated heterocycles. The number of piperidine rings is 1. The van der Waals surface area contributed by atoms with E-state index in [1.54, 1.807) is 18.3 Å². The van der Waals surface area contributed by atoms with Gasteiger partial charge >= 0.3 is 0 Å². The van der Waals surface area contributed by atoms with Crippen molar-refractivity contribution < 1.29 is 9.59 Å². The highest BCUT2D eigenvalue weighted by Gasteiger charge is 2.24. The van der Waals surface area contributed by atoms with Gasteiger partial charge in [-0.05, 0) is 45.2 Å². The number of nitrogens with zero attached hydrogens (tertiary/aromatic N) is 1. The van der Waals surface area contributed by atoms with Crippen molar-refractivity contribution in [2.75, 3.05) is 19.6 Å². The first kappa shape index (κ1) is 16.5. The predicted octanol–water partition coefficient (Wildman–Crippen LogP) is 2.13. The molecule has 0 saturated carbocycles. The summed E-state index contributed by atoms with van der Waals surface area (Å²) < 4.78 is 0. The number of allylic oxidation sites excluding steroid dienone is 1. The quantitative estimate of drug-likeness (QED) is 0.481. The molecule has 1 aliphatic rings. The van der Waals surface area contributed by atoms with Crippen molar-refractivity contribution in [1.29, 1.82) is 0 Å². The fraction of sp³-hybridized carbons (Fsp3) is 0.529. The smallest absolute Gasteiger partial charge is 0.294 e. The van der Waals surface area contributed by atoms with E-state index in [0.29, 0.717) is 5.69 Å². The second kappa shape index (κ2) is 7.94. The standard InChI is InChI=1S/C17H25N3O2/c1-13(2)5-4-10-20-11-7-14(8-12-20)19-17(22)16(21)15-6-3-9-18-15/h3,5-6,9,14,18H,4,7-8,10-12H2,1-2H3,(H,19,22). The number of likely N-dealkylation sites (tertiary alicyclic amines) is 1. The molecule has 2 N–H and O–H groups in total. The molecule has 0 bridgehead atoms. The lowest BCUT2D eigenvalue weighted by Gasteiger charge is -2.31. The summed E-state index contributed by atoms with van der Waals surface area (Å²) in [5.41, 5.74) is 1.70. The van der Waals surface area contributed by atoms with Crippen LogP contribution in [0, 0.1) is 0 Å². The Hall–Kier alpha value is -1.88. The lowest BCUT2D eigenvalue weighted by molar-refractivity contribution is -0.118. The largest absolute Gasteiger partial charge is 0.358 e. The zero-order chi connectivity index (χ0) is 15.9. The van der Waals surface area contributed by atoms with Crippen LogP contribution in [0.2, 0.25) is 0 Å². The molecule has 1 aromatic rings. The van der Waals surface area contributed by atoms with Gasteiger partial charge in [-0.25, -0.2) is 0 Å². The van der Waals surface area contributed by atoms with Crippen LogP contribution in [0.5, 0.6) is 0 Å². The van der Waals surface area contributed by atoms with Gasteiger partial charge in [0.05, 0.1) is 5.69 Å². The third-order valence-corrected chi connectivity index (χ3v) is 3.97. The number of carbonyl (C=O) groups excluding carboxylic acids is 2. The summed E-state index contributed by atoms with van der Waals surface area (Å²) >= 11 is 0. The maximum absolute atomic E-state index is 11.9. The van der Waals surface area contributed by atoms with E-state index < -0.39 is 11.7 Å². The second-order valence-corrected chi connectivity index (χ2v) is 6.07. The van der Waals surface area contributed by atoms with Crippen molar-refractivity contribution in [1.82, 2.24) is 15.2 Å². The molecule has 0 aliphatic carbocycles. The molecule has 5 nitrogen and oxygen atoms in total. The van der Waals surface area contributed by atoms with Crippen LogP contribution in [-0.2, 0) is 4.79 Å². The van der Waals surface area contributed by atoms with Crippen LogP contribution < -0.4 is 5.32 Å². The number of ketones is 1. The van der Waals surface area contributed by atoms with E-state index in [9.17, 15) is 9.59 Å². The summed E-state index contributed by atoms with van der Waals surface area (Å²) in [7, 11) is 0. The van der Waals surface area contributed by atoms with Gasteiger partial charge in [0.15, 0.2) is 0 Å². The van der Waals surface area contributed by atoms with E-state index in [2.05, 4.69) is 35.1 Å². The van der Waals surface area contributed by atoms with Gasteiger partial charge in [-0.15, -0.1) is 0 Å². The van der Waals surface area contributed by atoms with Gasteiger partial charge in [-0.2, -0.15) is 0 Å². The first-order chi connectivity index (χ1) is 10.6. The average Bonchev–Trinajstić information content (AvgIpc) is 3.02. The van der Waals surface area contributed by atoms with Gasteiger partial charge in [-0.1, -0.05) is 11.6 Å². The Morgan fingerprint density at radius 2 is 2.09 bits per heavy atom. The molecular formula is C17H25N3O2. The van der Waals surface area contributed by atoms with Gasteiger partial charge in [0.25, 0.3) is 11.7 Å². The number of H-pyrrole nitrogens is 1. The minimum Gasteiger partial charge on any atom is -0.358 e. The number of carbonyl (C=O) groups is 2. The molecule has 1 aliphatic heterocycles. The van der Waals surface area contributed by atoms with Crippen molar-refractivity contribution in [3.8, 4) is 0 Å². The highest BCUT2D eigenvalue weighted by Crippen LogP contribution is 2.11. The third kappa shape index (κ3) is 4.84. The average molecular weight is 303 g/mol. The normalized spacial score (nSPS) is 16.3. The number of hydrogen-bond donors (Lipinski definition) is 2. The SMILES string of the molecule is CC(C)=CCCN1CCC(NC(=O)C(=O)c2ccc[nH]2)CC1. The fourth-order valence-corrected chi connectivity index (χ4v) is 2.68. The third-order valence-electron chi connectivity index (χ3n) is 3.97. The number of amides is 1. The van der Waals surface area contributed by atoms with E-state index in [-0.39, 0.29) is 6.04 Å². The van der Waals surface area contributed by atoms with Crippen molar-refractivity contribution in [2.45, 2.75) is 39.2 Å². The highest BCUT2D eigenvalue weighted by atomic mass is 16.2. The van der Waals surface area contributed by atoms with Gasteiger partial charge in [0.2, 0.25) is 0 Å². The van der Waals surface area contributed by atoms with Gasteiger partial charge in [-0.3, -0.25) is 9.59 Å². The Kier molecular flexibility index (Phi) is 5.95. The maximum Gasteiger partial charge on any atom is 0.294 e. The van der Waals surface area contributed by atoms with Crippen LogP contribution in [-0.4, -0.2) is 47.3 Å². The summed E-state index contributed by atoms with van der Waals surface area (Å²) in [6.07, 6.45) is 6.77. The number of aromatic nitrogens is 1. The number of rotatable bonds is 6. The lowest BCUT2D eigenvalue weighted by atomic mass is 10.0. The Balaban J connectivity index is 1.72. The summed E-state index contributed by atoms with van der Waals surface area (Å²) in [5.74, 6) is -0.999. The first-order valence-corrected chi connectivity index (χ1v) is 7.90. The topological polar surface area (TPSA) is 65.2 Å². The van der Waals surface area contributed by atoms with Crippen LogP contribution in [0.3, 0.4) is 0 Å². The lowest BCUT2D eigenvalue weighted by Crippen LogP contribution is -2.46. The highest BCUT2D eigenvalue weighted by molar-refractivity contribution is 6.42. The Morgan fingerprint density at radius 1 is 1.36 bits per heavy atom. The first-order valence-electron chi connectivity index (χ1n) is 7.90. The van der Waals surface area contributed by atoms with Crippen molar-refractivity contribution in [3.05, 3.63) is 35.7 Å².